The number of ether oxygens (including phenoxy) is 1. The molecule has 0 saturated carbocycles. The number of benzene rings is 1. The van der Waals surface area contributed by atoms with E-state index in [1.54, 1.807) is 25.1 Å². The molecular weight excluding hydrogens is 296 g/mol. The number of hydrogen-bond acceptors (Lipinski definition) is 3. The number of hydrogen-bond donors (Lipinski definition) is 2. The largest absolute Gasteiger partial charge is 0.495 e. The molecule has 1 rings (SSSR count). The van der Waals surface area contributed by atoms with Gasteiger partial charge in [0.15, 0.2) is 0 Å². The Hall–Kier alpha value is -1.95. The summed E-state index contributed by atoms with van der Waals surface area (Å²) in [7, 11) is 1.47. The Kier molecular flexibility index (Phi) is 6.30. The summed E-state index contributed by atoms with van der Waals surface area (Å²) < 4.78 is 5.07. The zero-order valence-electron chi connectivity index (χ0n) is 12.2. The second-order valence-corrected chi connectivity index (χ2v) is 4.97. The molecule has 1 aromatic carbocycles. The lowest BCUT2D eigenvalue weighted by atomic mass is 10.2. The van der Waals surface area contributed by atoms with Gasteiger partial charge in [-0.2, -0.15) is 0 Å². The fraction of sp³-hybridized carbons (Fsp3) is 0.429. The third-order valence-electron chi connectivity index (χ3n) is 3.09. The molecule has 0 aliphatic carbocycles. The molecular formula is C14H19ClN2O4. The van der Waals surface area contributed by atoms with Crippen LogP contribution in [0.15, 0.2) is 18.2 Å². The van der Waals surface area contributed by atoms with Crippen molar-refractivity contribution in [3.63, 3.8) is 0 Å². The predicted octanol–water partition coefficient (Wildman–Crippen LogP) is 3.07. The second kappa shape index (κ2) is 7.73. The van der Waals surface area contributed by atoms with Crippen molar-refractivity contribution in [2.75, 3.05) is 19.0 Å². The second-order valence-electron chi connectivity index (χ2n) is 4.56. The number of carboxylic acids is 1. The lowest BCUT2D eigenvalue weighted by Gasteiger charge is -2.27. The maximum absolute atomic E-state index is 12.2. The van der Waals surface area contributed by atoms with Crippen molar-refractivity contribution in [3.05, 3.63) is 23.2 Å². The zero-order chi connectivity index (χ0) is 16.0. The summed E-state index contributed by atoms with van der Waals surface area (Å²) in [5, 5.41) is 12.0. The monoisotopic (exact) mass is 314 g/mol. The number of methoxy groups -OCH3 is 1. The highest BCUT2D eigenvalue weighted by molar-refractivity contribution is 6.32. The summed E-state index contributed by atoms with van der Waals surface area (Å²) in [5.74, 6) is -0.623. The van der Waals surface area contributed by atoms with E-state index in [-0.39, 0.29) is 12.6 Å². The molecule has 7 heteroatoms. The molecule has 1 unspecified atom stereocenters. The summed E-state index contributed by atoms with van der Waals surface area (Å²) in [5.41, 5.74) is 0.486. The van der Waals surface area contributed by atoms with Gasteiger partial charge < -0.3 is 20.1 Å². The maximum Gasteiger partial charge on any atom is 0.323 e. The lowest BCUT2D eigenvalue weighted by Crippen LogP contribution is -2.44. The van der Waals surface area contributed by atoms with Crippen LogP contribution in [0.3, 0.4) is 0 Å². The number of anilines is 1. The summed E-state index contributed by atoms with van der Waals surface area (Å²) in [4.78, 5) is 24.4. The van der Waals surface area contributed by atoms with Crippen LogP contribution in [0.25, 0.3) is 0 Å². The average Bonchev–Trinajstić information content (AvgIpc) is 2.45. The third kappa shape index (κ3) is 4.82. The van der Waals surface area contributed by atoms with E-state index in [0.29, 0.717) is 22.9 Å². The van der Waals surface area contributed by atoms with Crippen molar-refractivity contribution < 1.29 is 19.4 Å². The number of carbonyl (C=O) groups is 2. The number of halogens is 1. The average molecular weight is 315 g/mol. The molecule has 0 saturated heterocycles. The first kappa shape index (κ1) is 17.1. The Morgan fingerprint density at radius 2 is 2.14 bits per heavy atom. The number of carbonyl (C=O) groups excluding carboxylic acids is 1. The van der Waals surface area contributed by atoms with Crippen LogP contribution in [0, 0.1) is 0 Å². The number of nitrogens with zero attached hydrogens (tertiary/aromatic N) is 1. The van der Waals surface area contributed by atoms with Crippen molar-refractivity contribution in [1.29, 1.82) is 0 Å². The molecule has 2 N–H and O–H groups in total. The minimum atomic E-state index is -1.06. The first-order valence-corrected chi connectivity index (χ1v) is 6.89. The Labute approximate surface area is 128 Å². The van der Waals surface area contributed by atoms with Crippen molar-refractivity contribution >= 4 is 29.3 Å². The van der Waals surface area contributed by atoms with Gasteiger partial charge in [0.05, 0.1) is 12.1 Å². The van der Waals surface area contributed by atoms with Gasteiger partial charge in [-0.25, -0.2) is 4.79 Å². The van der Waals surface area contributed by atoms with E-state index in [9.17, 15) is 9.59 Å². The van der Waals surface area contributed by atoms with Crippen molar-refractivity contribution in [3.8, 4) is 5.75 Å². The number of aliphatic carboxylic acids is 1. The van der Waals surface area contributed by atoms with Crippen LogP contribution < -0.4 is 10.1 Å². The van der Waals surface area contributed by atoms with Gasteiger partial charge >= 0.3 is 12.0 Å². The summed E-state index contributed by atoms with van der Waals surface area (Å²) in [6.45, 7) is 3.33. The van der Waals surface area contributed by atoms with Crippen LogP contribution in [-0.2, 0) is 4.79 Å². The Morgan fingerprint density at radius 3 is 2.67 bits per heavy atom. The molecule has 0 radical (unpaired) electrons. The summed E-state index contributed by atoms with van der Waals surface area (Å²) >= 11 is 5.91. The highest BCUT2D eigenvalue weighted by Gasteiger charge is 2.21. The molecule has 0 heterocycles. The van der Waals surface area contributed by atoms with Gasteiger partial charge in [-0.3, -0.25) is 4.79 Å². The van der Waals surface area contributed by atoms with E-state index in [1.807, 2.05) is 6.92 Å². The van der Waals surface area contributed by atoms with E-state index >= 15 is 0 Å². The van der Waals surface area contributed by atoms with E-state index < -0.39 is 12.0 Å². The summed E-state index contributed by atoms with van der Waals surface area (Å²) in [6.07, 6.45) is 0.657. The number of rotatable bonds is 6. The lowest BCUT2D eigenvalue weighted by molar-refractivity contribution is -0.138. The Morgan fingerprint density at radius 1 is 1.48 bits per heavy atom. The van der Waals surface area contributed by atoms with Crippen LogP contribution in [-0.4, -0.2) is 41.7 Å². The van der Waals surface area contributed by atoms with E-state index in [4.69, 9.17) is 21.4 Å². The molecule has 1 atom stereocenters. The number of amides is 2. The fourth-order valence-corrected chi connectivity index (χ4v) is 1.92. The van der Waals surface area contributed by atoms with Crippen LogP contribution in [0.2, 0.25) is 5.02 Å². The minimum absolute atomic E-state index is 0.185. The SMILES string of the molecule is CCC(C)N(CC(=O)O)C(=O)Nc1ccc(Cl)c(OC)c1. The van der Waals surface area contributed by atoms with Gasteiger partial charge in [0.1, 0.15) is 12.3 Å². The van der Waals surface area contributed by atoms with Crippen molar-refractivity contribution in [2.24, 2.45) is 0 Å². The van der Waals surface area contributed by atoms with Crippen molar-refractivity contribution in [2.45, 2.75) is 26.3 Å². The first-order valence-electron chi connectivity index (χ1n) is 6.52. The van der Waals surface area contributed by atoms with Gasteiger partial charge in [-0.05, 0) is 25.5 Å². The molecule has 0 aliphatic rings. The molecule has 0 fully saturated rings. The number of nitrogens with one attached hydrogen (secondary N) is 1. The molecule has 0 aliphatic heterocycles. The van der Waals surface area contributed by atoms with E-state index in [1.165, 1.54) is 12.0 Å². The molecule has 0 aromatic heterocycles. The minimum Gasteiger partial charge on any atom is -0.495 e. The molecule has 2 amide bonds. The van der Waals surface area contributed by atoms with Gasteiger partial charge in [-0.15, -0.1) is 0 Å². The maximum atomic E-state index is 12.2. The van der Waals surface area contributed by atoms with Crippen LogP contribution in [0.4, 0.5) is 10.5 Å². The molecule has 116 valence electrons. The van der Waals surface area contributed by atoms with E-state index in [0.717, 1.165) is 0 Å². The zero-order valence-corrected chi connectivity index (χ0v) is 13.0. The predicted molar refractivity (Wildman–Crippen MR) is 81.1 cm³/mol. The van der Waals surface area contributed by atoms with Gasteiger partial charge in [0, 0.05) is 17.8 Å². The highest BCUT2D eigenvalue weighted by Crippen LogP contribution is 2.27. The van der Waals surface area contributed by atoms with Gasteiger partial charge in [-0.1, -0.05) is 18.5 Å². The fourth-order valence-electron chi connectivity index (χ4n) is 1.73. The van der Waals surface area contributed by atoms with E-state index in [2.05, 4.69) is 5.32 Å². The number of carboxylic acid groups (broad SMARTS) is 1. The topological polar surface area (TPSA) is 78.9 Å². The molecule has 21 heavy (non-hydrogen) atoms. The van der Waals surface area contributed by atoms with Gasteiger partial charge in [0.25, 0.3) is 0 Å². The van der Waals surface area contributed by atoms with Crippen LogP contribution in [0.5, 0.6) is 5.75 Å². The molecule has 0 spiro atoms. The van der Waals surface area contributed by atoms with Gasteiger partial charge in [0.2, 0.25) is 0 Å². The van der Waals surface area contributed by atoms with Crippen molar-refractivity contribution in [1.82, 2.24) is 4.90 Å². The van der Waals surface area contributed by atoms with Crippen LogP contribution >= 0.6 is 11.6 Å². The van der Waals surface area contributed by atoms with Crippen LogP contribution in [0.1, 0.15) is 20.3 Å². The standard InChI is InChI=1S/C14H19ClN2O4/c1-4-9(2)17(8-13(18)19)14(20)16-10-5-6-11(15)12(7-10)21-3/h5-7,9H,4,8H2,1-3H3,(H,16,20)(H,18,19). The molecule has 0 bridgehead atoms. The third-order valence-corrected chi connectivity index (χ3v) is 3.40. The molecule has 1 aromatic rings. The summed E-state index contributed by atoms with van der Waals surface area (Å²) in [6, 6.07) is 4.14. The highest BCUT2D eigenvalue weighted by atomic mass is 35.5. The molecule has 6 nitrogen and oxygen atoms in total. The normalized spacial score (nSPS) is 11.6. The number of urea groups is 1. The Balaban J connectivity index is 2.88. The quantitative estimate of drug-likeness (QED) is 0.845. The Bertz CT molecular complexity index is 522. The smallest absolute Gasteiger partial charge is 0.323 e. The first-order chi connectivity index (χ1) is 9.88.